The molecule has 0 bridgehead atoms. The highest BCUT2D eigenvalue weighted by molar-refractivity contribution is 5.94. The number of carbonyl (C=O) groups excluding carboxylic acids is 1. The number of nitrogens with zero attached hydrogens (tertiary/aromatic N) is 1. The molecule has 5 heteroatoms. The fourth-order valence-corrected chi connectivity index (χ4v) is 0.872. The first-order valence-corrected chi connectivity index (χ1v) is 4.37. The van der Waals surface area contributed by atoms with Gasteiger partial charge in [-0.15, -0.1) is 0 Å². The van der Waals surface area contributed by atoms with E-state index in [0.29, 0.717) is 11.4 Å². The number of rotatable bonds is 3. The third-order valence-electron chi connectivity index (χ3n) is 1.52. The predicted molar refractivity (Wildman–Crippen MR) is 54.4 cm³/mol. The highest BCUT2D eigenvalue weighted by Crippen LogP contribution is 2.01. The van der Waals surface area contributed by atoms with Gasteiger partial charge in [-0.2, -0.15) is 0 Å². The van der Waals surface area contributed by atoms with Gasteiger partial charge in [0.15, 0.2) is 0 Å². The molecule has 1 aromatic rings. The van der Waals surface area contributed by atoms with Crippen molar-refractivity contribution in [1.29, 1.82) is 0 Å². The number of amides is 1. The fraction of sp³-hybridized carbons (Fsp3) is 0.333. The molecule has 0 atom stereocenters. The average molecular weight is 194 g/mol. The van der Waals surface area contributed by atoms with Gasteiger partial charge < -0.3 is 5.73 Å². The van der Waals surface area contributed by atoms with Crippen LogP contribution < -0.4 is 16.6 Å². The standard InChI is InChI=1S/C9H14N4O/c1-6(2)12-13-9(14)7-3-4-11-8(10)5-7/h3-6,12H,1-2H3,(H2,10,11)(H,13,14). The van der Waals surface area contributed by atoms with Crippen molar-refractivity contribution in [3.8, 4) is 0 Å². The quantitative estimate of drug-likeness (QED) is 0.605. The summed E-state index contributed by atoms with van der Waals surface area (Å²) in [5.74, 6) is 0.120. The number of nitrogen functional groups attached to an aromatic ring is 1. The van der Waals surface area contributed by atoms with Crippen molar-refractivity contribution in [3.63, 3.8) is 0 Å². The minimum absolute atomic E-state index is 0.193. The molecule has 1 amide bonds. The van der Waals surface area contributed by atoms with Gasteiger partial charge in [-0.05, 0) is 26.0 Å². The summed E-state index contributed by atoms with van der Waals surface area (Å²) < 4.78 is 0. The molecule has 0 fully saturated rings. The maximum Gasteiger partial charge on any atom is 0.265 e. The van der Waals surface area contributed by atoms with Gasteiger partial charge >= 0.3 is 0 Å². The van der Waals surface area contributed by atoms with Crippen molar-refractivity contribution < 1.29 is 4.79 Å². The largest absolute Gasteiger partial charge is 0.384 e. The summed E-state index contributed by atoms with van der Waals surface area (Å²) in [5, 5.41) is 0. The summed E-state index contributed by atoms with van der Waals surface area (Å²) in [5.41, 5.74) is 11.3. The third kappa shape index (κ3) is 3.02. The van der Waals surface area contributed by atoms with E-state index >= 15 is 0 Å². The molecule has 0 saturated heterocycles. The van der Waals surface area contributed by atoms with Crippen LogP contribution in [0, 0.1) is 0 Å². The molecule has 5 nitrogen and oxygen atoms in total. The molecule has 1 rings (SSSR count). The SMILES string of the molecule is CC(C)NNC(=O)c1ccnc(N)c1. The van der Waals surface area contributed by atoms with Crippen molar-refractivity contribution in [2.75, 3.05) is 5.73 Å². The van der Waals surface area contributed by atoms with E-state index in [0.717, 1.165) is 0 Å². The summed E-state index contributed by atoms with van der Waals surface area (Å²) >= 11 is 0. The van der Waals surface area contributed by atoms with Crippen molar-refractivity contribution in [2.24, 2.45) is 0 Å². The van der Waals surface area contributed by atoms with E-state index < -0.39 is 0 Å². The Kier molecular flexibility index (Phi) is 3.41. The van der Waals surface area contributed by atoms with Gasteiger partial charge in [-0.1, -0.05) is 0 Å². The van der Waals surface area contributed by atoms with Gasteiger partial charge in [-0.3, -0.25) is 10.2 Å². The molecule has 1 heterocycles. The van der Waals surface area contributed by atoms with Crippen LogP contribution in [-0.2, 0) is 0 Å². The van der Waals surface area contributed by atoms with Crippen molar-refractivity contribution >= 4 is 11.7 Å². The molecular formula is C9H14N4O. The Morgan fingerprint density at radius 2 is 2.29 bits per heavy atom. The molecule has 0 radical (unpaired) electrons. The molecule has 0 unspecified atom stereocenters. The minimum Gasteiger partial charge on any atom is -0.384 e. The van der Waals surface area contributed by atoms with Crippen molar-refractivity contribution in [3.05, 3.63) is 23.9 Å². The van der Waals surface area contributed by atoms with E-state index in [2.05, 4.69) is 15.8 Å². The van der Waals surface area contributed by atoms with Crippen LogP contribution in [0.25, 0.3) is 0 Å². The molecule has 0 aromatic carbocycles. The van der Waals surface area contributed by atoms with Gasteiger partial charge in [0.05, 0.1) is 0 Å². The molecular weight excluding hydrogens is 180 g/mol. The molecule has 0 spiro atoms. The van der Waals surface area contributed by atoms with E-state index in [1.165, 1.54) is 12.3 Å². The first-order chi connectivity index (χ1) is 6.59. The number of carbonyl (C=O) groups is 1. The lowest BCUT2D eigenvalue weighted by Gasteiger charge is -2.09. The monoisotopic (exact) mass is 194 g/mol. The first-order valence-electron chi connectivity index (χ1n) is 4.37. The highest BCUT2D eigenvalue weighted by Gasteiger charge is 2.05. The van der Waals surface area contributed by atoms with Crippen LogP contribution in [0.4, 0.5) is 5.82 Å². The number of hydrazine groups is 1. The summed E-state index contributed by atoms with van der Waals surface area (Å²) in [6.45, 7) is 3.86. The van der Waals surface area contributed by atoms with Crippen molar-refractivity contribution in [2.45, 2.75) is 19.9 Å². The summed E-state index contributed by atoms with van der Waals surface area (Å²) in [4.78, 5) is 15.2. The topological polar surface area (TPSA) is 80.0 Å². The Bertz CT molecular complexity index is 324. The lowest BCUT2D eigenvalue weighted by Crippen LogP contribution is -2.41. The number of anilines is 1. The minimum atomic E-state index is -0.215. The number of hydrogen-bond donors (Lipinski definition) is 3. The molecule has 4 N–H and O–H groups in total. The Morgan fingerprint density at radius 3 is 2.86 bits per heavy atom. The molecule has 76 valence electrons. The van der Waals surface area contributed by atoms with Crippen LogP contribution >= 0.6 is 0 Å². The van der Waals surface area contributed by atoms with E-state index in [9.17, 15) is 4.79 Å². The van der Waals surface area contributed by atoms with Crippen LogP contribution in [0.2, 0.25) is 0 Å². The molecule has 0 aliphatic carbocycles. The summed E-state index contributed by atoms with van der Waals surface area (Å²) in [6.07, 6.45) is 1.50. The first kappa shape index (κ1) is 10.5. The Balaban J connectivity index is 2.61. The smallest absolute Gasteiger partial charge is 0.265 e. The second-order valence-electron chi connectivity index (χ2n) is 3.22. The fourth-order valence-electron chi connectivity index (χ4n) is 0.872. The highest BCUT2D eigenvalue weighted by atomic mass is 16.2. The molecule has 0 aliphatic heterocycles. The maximum absolute atomic E-state index is 11.4. The Morgan fingerprint density at radius 1 is 1.57 bits per heavy atom. The van der Waals surface area contributed by atoms with Crippen molar-refractivity contribution in [1.82, 2.24) is 15.8 Å². The van der Waals surface area contributed by atoms with Gasteiger partial charge in [0.1, 0.15) is 5.82 Å². The summed E-state index contributed by atoms with van der Waals surface area (Å²) in [6, 6.07) is 3.32. The summed E-state index contributed by atoms with van der Waals surface area (Å²) in [7, 11) is 0. The number of aromatic nitrogens is 1. The zero-order valence-electron chi connectivity index (χ0n) is 8.24. The van der Waals surface area contributed by atoms with E-state index in [-0.39, 0.29) is 11.9 Å². The van der Waals surface area contributed by atoms with Gasteiger partial charge in [-0.25, -0.2) is 10.4 Å². The van der Waals surface area contributed by atoms with Crippen LogP contribution in [0.1, 0.15) is 24.2 Å². The number of hydrogen-bond acceptors (Lipinski definition) is 4. The van der Waals surface area contributed by atoms with Crippen LogP contribution in [-0.4, -0.2) is 16.9 Å². The van der Waals surface area contributed by atoms with Crippen LogP contribution in [0.3, 0.4) is 0 Å². The number of nitrogens with one attached hydrogen (secondary N) is 2. The van der Waals surface area contributed by atoms with E-state index in [1.54, 1.807) is 6.07 Å². The lowest BCUT2D eigenvalue weighted by atomic mass is 10.2. The zero-order valence-corrected chi connectivity index (χ0v) is 8.24. The normalized spacial score (nSPS) is 10.2. The number of pyridine rings is 1. The molecule has 1 aromatic heterocycles. The van der Waals surface area contributed by atoms with Crippen LogP contribution in [0.15, 0.2) is 18.3 Å². The predicted octanol–water partition coefficient (Wildman–Crippen LogP) is 0.307. The number of nitrogens with two attached hydrogens (primary N) is 1. The van der Waals surface area contributed by atoms with Gasteiger partial charge in [0.25, 0.3) is 5.91 Å². The second-order valence-corrected chi connectivity index (χ2v) is 3.22. The maximum atomic E-state index is 11.4. The second kappa shape index (κ2) is 4.57. The van der Waals surface area contributed by atoms with Gasteiger partial charge in [0.2, 0.25) is 0 Å². The average Bonchev–Trinajstić information content (AvgIpc) is 2.14. The zero-order chi connectivity index (χ0) is 10.6. The molecule has 0 saturated carbocycles. The molecule has 14 heavy (non-hydrogen) atoms. The third-order valence-corrected chi connectivity index (χ3v) is 1.52. The Hall–Kier alpha value is -1.62. The lowest BCUT2D eigenvalue weighted by molar-refractivity contribution is 0.0927. The van der Waals surface area contributed by atoms with Crippen LogP contribution in [0.5, 0.6) is 0 Å². The van der Waals surface area contributed by atoms with Gasteiger partial charge in [0, 0.05) is 17.8 Å². The molecule has 0 aliphatic rings. The Labute approximate surface area is 82.7 Å². The van der Waals surface area contributed by atoms with E-state index in [4.69, 9.17) is 5.73 Å². The van der Waals surface area contributed by atoms with E-state index in [1.807, 2.05) is 13.8 Å².